The van der Waals surface area contributed by atoms with Gasteiger partial charge >= 0.3 is 11.8 Å². The first-order valence-electron chi connectivity index (χ1n) is 10.5. The first-order valence-corrected chi connectivity index (χ1v) is 11.3. The second-order valence-corrected chi connectivity index (χ2v) is 8.15. The second kappa shape index (κ2) is 12.6. The number of carbonyl (C=O) groups excluding carboxylic acids is 3. The molecule has 0 aliphatic rings. The third-order valence-corrected chi connectivity index (χ3v) is 5.49. The van der Waals surface area contributed by atoms with Crippen LogP contribution in [-0.4, -0.2) is 37.7 Å². The van der Waals surface area contributed by atoms with Crippen LogP contribution in [0.3, 0.4) is 0 Å². The fourth-order valence-electron chi connectivity index (χ4n) is 2.86. The van der Waals surface area contributed by atoms with Gasteiger partial charge in [-0.05, 0) is 55.0 Å². The molecule has 3 aromatic carbocycles. The van der Waals surface area contributed by atoms with Crippen molar-refractivity contribution >= 4 is 58.5 Å². The molecule has 3 aromatic rings. The Bertz CT molecular complexity index is 1300. The number of methoxy groups -OCH3 is 1. The largest absolute Gasteiger partial charge is 0.493 e. The van der Waals surface area contributed by atoms with Crippen molar-refractivity contribution in [2.75, 3.05) is 24.4 Å². The van der Waals surface area contributed by atoms with Crippen LogP contribution in [0.5, 0.6) is 11.5 Å². The molecule has 0 fully saturated rings. The zero-order valence-electron chi connectivity index (χ0n) is 19.3. The minimum atomic E-state index is -1.01. The van der Waals surface area contributed by atoms with Gasteiger partial charge in [-0.1, -0.05) is 47.0 Å². The number of hydrazone groups is 1. The molecule has 3 rings (SSSR count). The molecule has 0 aromatic heterocycles. The maximum atomic E-state index is 12.2. The van der Waals surface area contributed by atoms with E-state index in [4.69, 9.17) is 32.7 Å². The molecule has 0 aliphatic heterocycles. The van der Waals surface area contributed by atoms with Gasteiger partial charge in [0.15, 0.2) is 18.1 Å². The summed E-state index contributed by atoms with van der Waals surface area (Å²) in [4.78, 5) is 36.2. The Hall–Kier alpha value is -4.08. The number of nitrogens with one attached hydrogen (secondary N) is 3. The van der Waals surface area contributed by atoms with Crippen LogP contribution in [0.15, 0.2) is 65.8 Å². The first-order chi connectivity index (χ1) is 17.3. The monoisotopic (exact) mass is 528 g/mol. The minimum Gasteiger partial charge on any atom is -0.493 e. The summed E-state index contributed by atoms with van der Waals surface area (Å²) in [5.41, 5.74) is 4.61. The maximum absolute atomic E-state index is 12.2. The number of nitrogens with zero attached hydrogens (tertiary/aromatic N) is 1. The van der Waals surface area contributed by atoms with Crippen molar-refractivity contribution in [3.63, 3.8) is 0 Å². The molecular formula is C25H22Cl2N4O5. The fraction of sp³-hybridized carbons (Fsp3) is 0.120. The number of benzene rings is 3. The molecule has 3 amide bonds. The van der Waals surface area contributed by atoms with E-state index in [2.05, 4.69) is 21.2 Å². The molecular weight excluding hydrogens is 507 g/mol. The number of anilines is 2. The van der Waals surface area contributed by atoms with Gasteiger partial charge in [-0.3, -0.25) is 14.4 Å². The average molecular weight is 529 g/mol. The summed E-state index contributed by atoms with van der Waals surface area (Å²) in [6.07, 6.45) is 1.31. The molecule has 11 heteroatoms. The quantitative estimate of drug-likeness (QED) is 0.227. The lowest BCUT2D eigenvalue weighted by Crippen LogP contribution is -2.32. The van der Waals surface area contributed by atoms with E-state index in [1.54, 1.807) is 42.5 Å². The summed E-state index contributed by atoms with van der Waals surface area (Å²) in [6, 6.07) is 16.8. The van der Waals surface area contributed by atoms with E-state index in [0.29, 0.717) is 22.7 Å². The topological polar surface area (TPSA) is 118 Å². The number of hydrogen-bond acceptors (Lipinski definition) is 6. The van der Waals surface area contributed by atoms with Gasteiger partial charge in [-0.2, -0.15) is 5.10 Å². The van der Waals surface area contributed by atoms with Crippen molar-refractivity contribution in [2.45, 2.75) is 6.92 Å². The highest BCUT2D eigenvalue weighted by atomic mass is 35.5. The van der Waals surface area contributed by atoms with Crippen molar-refractivity contribution in [3.05, 3.63) is 81.8 Å². The first kappa shape index (κ1) is 26.5. The molecule has 0 heterocycles. The highest BCUT2D eigenvalue weighted by molar-refractivity contribution is 6.45. The zero-order valence-corrected chi connectivity index (χ0v) is 20.8. The van der Waals surface area contributed by atoms with Gasteiger partial charge in [0.05, 0.1) is 29.1 Å². The lowest BCUT2D eigenvalue weighted by atomic mass is 10.2. The van der Waals surface area contributed by atoms with Crippen LogP contribution < -0.4 is 25.5 Å². The molecule has 0 unspecified atom stereocenters. The highest BCUT2D eigenvalue weighted by Gasteiger charge is 2.15. The Morgan fingerprint density at radius 2 is 1.69 bits per heavy atom. The van der Waals surface area contributed by atoms with E-state index >= 15 is 0 Å². The third-order valence-electron chi connectivity index (χ3n) is 4.67. The van der Waals surface area contributed by atoms with Crippen LogP contribution in [0.4, 0.5) is 11.4 Å². The summed E-state index contributed by atoms with van der Waals surface area (Å²) < 4.78 is 10.9. The summed E-state index contributed by atoms with van der Waals surface area (Å²) in [6.45, 7) is 1.73. The van der Waals surface area contributed by atoms with E-state index in [0.717, 1.165) is 5.56 Å². The fourth-order valence-corrected chi connectivity index (χ4v) is 3.20. The van der Waals surface area contributed by atoms with Crippen molar-refractivity contribution in [3.8, 4) is 11.5 Å². The molecule has 0 radical (unpaired) electrons. The van der Waals surface area contributed by atoms with Gasteiger partial charge in [0.2, 0.25) is 0 Å². The Labute approximate surface area is 217 Å². The van der Waals surface area contributed by atoms with Crippen molar-refractivity contribution < 1.29 is 23.9 Å². The molecule has 0 spiro atoms. The van der Waals surface area contributed by atoms with E-state index < -0.39 is 11.8 Å². The summed E-state index contributed by atoms with van der Waals surface area (Å²) in [5, 5.41) is 9.22. The number of halogens is 2. The van der Waals surface area contributed by atoms with Crippen molar-refractivity contribution in [1.82, 2.24) is 5.43 Å². The highest BCUT2D eigenvalue weighted by Crippen LogP contribution is 2.29. The van der Waals surface area contributed by atoms with E-state index in [1.807, 2.05) is 19.1 Å². The molecule has 0 aliphatic carbocycles. The van der Waals surface area contributed by atoms with Crippen LogP contribution in [0.25, 0.3) is 0 Å². The summed E-state index contributed by atoms with van der Waals surface area (Å²) in [5.74, 6) is -1.61. The predicted octanol–water partition coefficient (Wildman–Crippen LogP) is 4.42. The van der Waals surface area contributed by atoms with Gasteiger partial charge < -0.3 is 20.1 Å². The van der Waals surface area contributed by atoms with Crippen LogP contribution >= 0.6 is 23.2 Å². The summed E-state index contributed by atoms with van der Waals surface area (Å²) >= 11 is 11.9. The molecule has 186 valence electrons. The minimum absolute atomic E-state index is 0.117. The summed E-state index contributed by atoms with van der Waals surface area (Å²) in [7, 11) is 1.45. The SMILES string of the molecule is COc1cc(/C=N\NC(=O)C(=O)Nc2cccc(Cl)c2Cl)ccc1OCC(=O)Nc1ccc(C)cc1. The number of carbonyl (C=O) groups is 3. The average Bonchev–Trinajstić information content (AvgIpc) is 2.87. The normalized spacial score (nSPS) is 10.6. The Kier molecular flexibility index (Phi) is 9.26. The van der Waals surface area contributed by atoms with Crippen LogP contribution in [0.2, 0.25) is 10.0 Å². The number of ether oxygens (including phenoxy) is 2. The Morgan fingerprint density at radius 3 is 2.42 bits per heavy atom. The van der Waals surface area contributed by atoms with Gasteiger partial charge in [0.25, 0.3) is 5.91 Å². The van der Waals surface area contributed by atoms with Gasteiger partial charge in [-0.15, -0.1) is 0 Å². The molecule has 3 N–H and O–H groups in total. The molecule has 0 saturated carbocycles. The van der Waals surface area contributed by atoms with Gasteiger partial charge in [0.1, 0.15) is 0 Å². The maximum Gasteiger partial charge on any atom is 0.329 e. The van der Waals surface area contributed by atoms with E-state index in [9.17, 15) is 14.4 Å². The van der Waals surface area contributed by atoms with Gasteiger partial charge in [-0.25, -0.2) is 5.43 Å². The number of rotatable bonds is 8. The molecule has 36 heavy (non-hydrogen) atoms. The smallest absolute Gasteiger partial charge is 0.329 e. The van der Waals surface area contributed by atoms with Crippen LogP contribution in [0.1, 0.15) is 11.1 Å². The van der Waals surface area contributed by atoms with Crippen LogP contribution in [0, 0.1) is 6.92 Å². The molecule has 0 saturated heterocycles. The Balaban J connectivity index is 1.53. The molecule has 0 bridgehead atoms. The van der Waals surface area contributed by atoms with Crippen molar-refractivity contribution in [1.29, 1.82) is 0 Å². The number of aryl methyl sites for hydroxylation is 1. The van der Waals surface area contributed by atoms with Crippen molar-refractivity contribution in [2.24, 2.45) is 5.10 Å². The van der Waals surface area contributed by atoms with Crippen LogP contribution in [-0.2, 0) is 14.4 Å². The third kappa shape index (κ3) is 7.46. The number of amides is 3. The zero-order chi connectivity index (χ0) is 26.1. The lowest BCUT2D eigenvalue weighted by Gasteiger charge is -2.11. The van der Waals surface area contributed by atoms with E-state index in [-0.39, 0.29) is 28.2 Å². The second-order valence-electron chi connectivity index (χ2n) is 7.37. The Morgan fingerprint density at radius 1 is 0.944 bits per heavy atom. The standard InChI is InChI=1S/C25H22Cl2N4O5/c1-15-6-9-17(10-7-15)29-22(32)14-36-20-11-8-16(12-21(20)35-2)13-28-31-25(34)24(33)30-19-5-3-4-18(26)23(19)27/h3-13H,14H2,1-2H3,(H,29,32)(H,30,33)(H,31,34)/b28-13-. The lowest BCUT2D eigenvalue weighted by molar-refractivity contribution is -0.136. The van der Waals surface area contributed by atoms with E-state index in [1.165, 1.54) is 19.4 Å². The predicted molar refractivity (Wildman–Crippen MR) is 139 cm³/mol. The molecule has 0 atom stereocenters. The van der Waals surface area contributed by atoms with Gasteiger partial charge in [0, 0.05) is 5.69 Å². The number of hydrogen-bond donors (Lipinski definition) is 3. The molecule has 9 nitrogen and oxygen atoms in total.